The van der Waals surface area contributed by atoms with Gasteiger partial charge < -0.3 is 4.74 Å². The Labute approximate surface area is 107 Å². The SMILES string of the molecule is FC1OC1(c1ccccc1)c1cccc(Br)c1. The Kier molecular flexibility index (Phi) is 2.53. The number of epoxide rings is 1. The quantitative estimate of drug-likeness (QED) is 0.762. The summed E-state index contributed by atoms with van der Waals surface area (Å²) in [6.45, 7) is 0. The van der Waals surface area contributed by atoms with Crippen molar-refractivity contribution in [3.05, 3.63) is 70.2 Å². The van der Waals surface area contributed by atoms with E-state index in [-0.39, 0.29) is 0 Å². The van der Waals surface area contributed by atoms with Crippen molar-refractivity contribution in [3.8, 4) is 0 Å². The molecule has 0 aliphatic carbocycles. The molecule has 0 radical (unpaired) electrons. The van der Waals surface area contributed by atoms with Crippen LogP contribution in [-0.4, -0.2) is 6.36 Å². The largest absolute Gasteiger partial charge is 0.323 e. The first kappa shape index (κ1) is 10.9. The predicted octanol–water partition coefficient (Wildman–Crippen LogP) is 4.02. The molecule has 3 rings (SSSR count). The van der Waals surface area contributed by atoms with E-state index >= 15 is 0 Å². The van der Waals surface area contributed by atoms with E-state index in [1.165, 1.54) is 0 Å². The first-order valence-electron chi connectivity index (χ1n) is 5.37. The fraction of sp³-hybridized carbons (Fsp3) is 0.143. The molecule has 0 aromatic heterocycles. The normalized spacial score (nSPS) is 26.8. The van der Waals surface area contributed by atoms with Crippen molar-refractivity contribution in [3.63, 3.8) is 0 Å². The average Bonchev–Trinajstić information content (AvgIpc) is 3.04. The smallest absolute Gasteiger partial charge is 0.238 e. The number of ether oxygens (including phenoxy) is 1. The molecule has 2 aromatic carbocycles. The topological polar surface area (TPSA) is 12.5 Å². The molecule has 1 heterocycles. The third-order valence-electron chi connectivity index (χ3n) is 3.01. The highest BCUT2D eigenvalue weighted by Gasteiger charge is 2.60. The second kappa shape index (κ2) is 3.93. The van der Waals surface area contributed by atoms with E-state index in [0.717, 1.165) is 15.6 Å². The molecule has 2 unspecified atom stereocenters. The first-order valence-corrected chi connectivity index (χ1v) is 6.16. The minimum Gasteiger partial charge on any atom is -0.323 e. The van der Waals surface area contributed by atoms with Crippen molar-refractivity contribution >= 4 is 15.9 Å². The number of hydrogen-bond acceptors (Lipinski definition) is 1. The van der Waals surface area contributed by atoms with Gasteiger partial charge in [-0.15, -0.1) is 0 Å². The molecule has 86 valence electrons. The molecule has 1 aliphatic rings. The summed E-state index contributed by atoms with van der Waals surface area (Å²) in [5.41, 5.74) is 0.779. The van der Waals surface area contributed by atoms with Crippen LogP contribution in [0, 0.1) is 0 Å². The summed E-state index contributed by atoms with van der Waals surface area (Å²) >= 11 is 3.40. The summed E-state index contributed by atoms with van der Waals surface area (Å²) in [6, 6.07) is 17.1. The van der Waals surface area contributed by atoms with Gasteiger partial charge in [0.1, 0.15) is 0 Å². The minimum absolute atomic E-state index is 0.838. The van der Waals surface area contributed by atoms with Gasteiger partial charge in [0.05, 0.1) is 0 Å². The zero-order chi connectivity index (χ0) is 11.9. The van der Waals surface area contributed by atoms with Gasteiger partial charge in [-0.3, -0.25) is 0 Å². The van der Waals surface area contributed by atoms with Gasteiger partial charge in [0.2, 0.25) is 6.36 Å². The number of alkyl halides is 1. The molecule has 0 bridgehead atoms. The summed E-state index contributed by atoms with van der Waals surface area (Å²) in [5, 5.41) is 0. The van der Waals surface area contributed by atoms with Crippen LogP contribution >= 0.6 is 15.9 Å². The van der Waals surface area contributed by atoms with E-state index in [9.17, 15) is 4.39 Å². The lowest BCUT2D eigenvalue weighted by Crippen LogP contribution is -2.13. The van der Waals surface area contributed by atoms with Crippen molar-refractivity contribution in [2.45, 2.75) is 12.0 Å². The van der Waals surface area contributed by atoms with Crippen molar-refractivity contribution in [1.82, 2.24) is 0 Å². The van der Waals surface area contributed by atoms with E-state index < -0.39 is 12.0 Å². The lowest BCUT2D eigenvalue weighted by atomic mass is 9.91. The zero-order valence-corrected chi connectivity index (χ0v) is 10.5. The van der Waals surface area contributed by atoms with Crippen LogP contribution in [0.4, 0.5) is 4.39 Å². The van der Waals surface area contributed by atoms with Gasteiger partial charge in [-0.1, -0.05) is 58.4 Å². The van der Waals surface area contributed by atoms with E-state index in [1.807, 2.05) is 54.6 Å². The van der Waals surface area contributed by atoms with Crippen LogP contribution in [0.1, 0.15) is 11.1 Å². The molecule has 2 atom stereocenters. The van der Waals surface area contributed by atoms with Gasteiger partial charge in [-0.2, -0.15) is 0 Å². The van der Waals surface area contributed by atoms with Crippen LogP contribution in [-0.2, 0) is 10.3 Å². The van der Waals surface area contributed by atoms with E-state index in [0.29, 0.717) is 0 Å². The molecule has 1 aliphatic heterocycles. The molecule has 1 fully saturated rings. The third kappa shape index (κ3) is 1.70. The highest BCUT2D eigenvalue weighted by Crippen LogP contribution is 2.52. The van der Waals surface area contributed by atoms with Gasteiger partial charge in [-0.05, 0) is 23.3 Å². The standard InChI is InChI=1S/C14H10BrFO/c15-12-8-4-7-11(9-12)14(13(16)17-14)10-5-2-1-3-6-10/h1-9,13H. The highest BCUT2D eigenvalue weighted by atomic mass is 79.9. The van der Waals surface area contributed by atoms with Crippen LogP contribution in [0.15, 0.2) is 59.1 Å². The Morgan fingerprint density at radius 1 is 1.00 bits per heavy atom. The van der Waals surface area contributed by atoms with Gasteiger partial charge in [-0.25, -0.2) is 4.39 Å². The predicted molar refractivity (Wildman–Crippen MR) is 67.3 cm³/mol. The number of rotatable bonds is 2. The van der Waals surface area contributed by atoms with Crippen LogP contribution in [0.3, 0.4) is 0 Å². The Morgan fingerprint density at radius 2 is 1.65 bits per heavy atom. The van der Waals surface area contributed by atoms with Gasteiger partial charge in [0.25, 0.3) is 0 Å². The summed E-state index contributed by atoms with van der Waals surface area (Å²) in [6.07, 6.45) is -1.26. The summed E-state index contributed by atoms with van der Waals surface area (Å²) < 4.78 is 19.9. The van der Waals surface area contributed by atoms with Gasteiger partial charge in [0.15, 0.2) is 5.60 Å². The molecule has 0 saturated carbocycles. The molecule has 17 heavy (non-hydrogen) atoms. The van der Waals surface area contributed by atoms with Gasteiger partial charge in [0, 0.05) is 4.47 Å². The Hall–Kier alpha value is -1.19. The molecule has 2 aromatic rings. The van der Waals surface area contributed by atoms with Crippen molar-refractivity contribution < 1.29 is 9.13 Å². The lowest BCUT2D eigenvalue weighted by molar-refractivity contribution is 0.255. The number of benzene rings is 2. The minimum atomic E-state index is -1.26. The number of halogens is 2. The Bertz CT molecular complexity index is 543. The molecule has 0 amide bonds. The molecule has 0 N–H and O–H groups in total. The fourth-order valence-electron chi connectivity index (χ4n) is 2.10. The highest BCUT2D eigenvalue weighted by molar-refractivity contribution is 9.10. The maximum absolute atomic E-state index is 13.7. The summed E-state index contributed by atoms with van der Waals surface area (Å²) in [7, 11) is 0. The van der Waals surface area contributed by atoms with Gasteiger partial charge >= 0.3 is 0 Å². The maximum Gasteiger partial charge on any atom is 0.238 e. The lowest BCUT2D eigenvalue weighted by Gasteiger charge is -2.12. The molecular weight excluding hydrogens is 283 g/mol. The fourth-order valence-corrected chi connectivity index (χ4v) is 2.50. The number of hydrogen-bond donors (Lipinski definition) is 0. The van der Waals surface area contributed by atoms with Crippen molar-refractivity contribution in [2.75, 3.05) is 0 Å². The maximum atomic E-state index is 13.7. The molecular formula is C14H10BrFO. The molecule has 1 nitrogen and oxygen atoms in total. The summed E-state index contributed by atoms with van der Waals surface area (Å²) in [5.74, 6) is 0. The zero-order valence-electron chi connectivity index (χ0n) is 8.94. The van der Waals surface area contributed by atoms with Crippen molar-refractivity contribution in [2.24, 2.45) is 0 Å². The van der Waals surface area contributed by atoms with Crippen molar-refractivity contribution in [1.29, 1.82) is 0 Å². The Morgan fingerprint density at radius 3 is 2.24 bits per heavy atom. The molecule has 0 spiro atoms. The third-order valence-corrected chi connectivity index (χ3v) is 3.50. The van der Waals surface area contributed by atoms with E-state index in [2.05, 4.69) is 15.9 Å². The van der Waals surface area contributed by atoms with Crippen LogP contribution < -0.4 is 0 Å². The van der Waals surface area contributed by atoms with E-state index in [4.69, 9.17) is 4.74 Å². The second-order valence-corrected chi connectivity index (χ2v) is 4.96. The summed E-state index contributed by atoms with van der Waals surface area (Å²) in [4.78, 5) is 0. The average molecular weight is 293 g/mol. The van der Waals surface area contributed by atoms with E-state index in [1.54, 1.807) is 0 Å². The van der Waals surface area contributed by atoms with Crippen LogP contribution in [0.5, 0.6) is 0 Å². The van der Waals surface area contributed by atoms with Crippen LogP contribution in [0.25, 0.3) is 0 Å². The molecule has 1 saturated heterocycles. The van der Waals surface area contributed by atoms with Crippen LogP contribution in [0.2, 0.25) is 0 Å². The second-order valence-electron chi connectivity index (χ2n) is 4.05. The molecule has 3 heteroatoms. The Balaban J connectivity index is 2.11. The first-order chi connectivity index (χ1) is 8.23. The monoisotopic (exact) mass is 292 g/mol.